The van der Waals surface area contributed by atoms with Crippen LogP contribution in [0.3, 0.4) is 0 Å². The van der Waals surface area contributed by atoms with Crippen LogP contribution in [0, 0.1) is 11.8 Å². The van der Waals surface area contributed by atoms with E-state index in [9.17, 15) is 4.79 Å². The zero-order valence-electron chi connectivity index (χ0n) is 16.1. The Labute approximate surface area is 159 Å². The van der Waals surface area contributed by atoms with Gasteiger partial charge in [0, 0.05) is 23.4 Å². The third-order valence-electron chi connectivity index (χ3n) is 3.81. The summed E-state index contributed by atoms with van der Waals surface area (Å²) in [6.45, 7) is 14.4. The Morgan fingerprint density at radius 3 is 2.36 bits per heavy atom. The first-order valence-electron chi connectivity index (χ1n) is 9.00. The molecule has 0 saturated carbocycles. The molecule has 2 rings (SSSR count). The Hall–Kier alpha value is -1.14. The van der Waals surface area contributed by atoms with Gasteiger partial charge in [0.2, 0.25) is 5.91 Å². The van der Waals surface area contributed by atoms with E-state index in [-0.39, 0.29) is 11.2 Å². The van der Waals surface area contributed by atoms with Crippen molar-refractivity contribution in [3.8, 4) is 0 Å². The monoisotopic (exact) mass is 379 g/mol. The summed E-state index contributed by atoms with van der Waals surface area (Å²) in [7, 11) is 0. The van der Waals surface area contributed by atoms with Crippen LogP contribution in [0.4, 0.5) is 0 Å². The van der Waals surface area contributed by atoms with Gasteiger partial charge in [-0.05, 0) is 31.2 Å². The highest BCUT2D eigenvalue weighted by Crippen LogP contribution is 2.33. The maximum atomic E-state index is 13.0. The van der Waals surface area contributed by atoms with Crippen molar-refractivity contribution < 1.29 is 4.79 Å². The molecular formula is C19H29N3OS2. The predicted octanol–water partition coefficient (Wildman–Crippen LogP) is 4.87. The zero-order valence-corrected chi connectivity index (χ0v) is 17.7. The molecular weight excluding hydrogens is 350 g/mol. The molecule has 2 aromatic heterocycles. The minimum Gasteiger partial charge on any atom is -0.341 e. The first kappa shape index (κ1) is 20.2. The molecule has 0 aliphatic heterocycles. The molecule has 0 saturated heterocycles. The highest BCUT2D eigenvalue weighted by Gasteiger charge is 2.24. The van der Waals surface area contributed by atoms with E-state index in [1.54, 1.807) is 29.4 Å². The van der Waals surface area contributed by atoms with Crippen molar-refractivity contribution in [3.63, 3.8) is 0 Å². The van der Waals surface area contributed by atoms with Crippen LogP contribution in [0.5, 0.6) is 0 Å². The molecule has 0 aliphatic rings. The van der Waals surface area contributed by atoms with Crippen molar-refractivity contribution in [3.05, 3.63) is 17.3 Å². The molecule has 0 radical (unpaired) electrons. The van der Waals surface area contributed by atoms with E-state index in [0.717, 1.165) is 34.8 Å². The lowest BCUT2D eigenvalue weighted by atomic mass is 10.1. The van der Waals surface area contributed by atoms with Gasteiger partial charge in [0.15, 0.2) is 0 Å². The van der Waals surface area contributed by atoms with Crippen LogP contribution in [0.2, 0.25) is 0 Å². The Bertz CT molecular complexity index is 702. The number of aromatic nitrogens is 2. The molecule has 1 atom stereocenters. The van der Waals surface area contributed by atoms with Crippen LogP contribution in [0.1, 0.15) is 46.4 Å². The highest BCUT2D eigenvalue weighted by molar-refractivity contribution is 8.00. The molecule has 2 heterocycles. The van der Waals surface area contributed by atoms with Crippen LogP contribution in [0.15, 0.2) is 17.4 Å². The number of rotatable bonds is 8. The summed E-state index contributed by atoms with van der Waals surface area (Å²) < 4.78 is 0. The fourth-order valence-electron chi connectivity index (χ4n) is 2.76. The van der Waals surface area contributed by atoms with E-state index < -0.39 is 0 Å². The number of carbonyl (C=O) groups excluding carboxylic acids is 1. The Kier molecular flexibility index (Phi) is 7.25. The van der Waals surface area contributed by atoms with Gasteiger partial charge in [-0.15, -0.1) is 11.3 Å². The fourth-order valence-corrected chi connectivity index (χ4v) is 4.74. The van der Waals surface area contributed by atoms with Gasteiger partial charge in [0.05, 0.1) is 5.25 Å². The maximum absolute atomic E-state index is 13.0. The van der Waals surface area contributed by atoms with Gasteiger partial charge in [-0.25, -0.2) is 9.97 Å². The third-order valence-corrected chi connectivity index (χ3v) is 6.10. The normalized spacial score (nSPS) is 13.0. The molecule has 6 heteroatoms. The first-order valence-corrected chi connectivity index (χ1v) is 10.7. The molecule has 0 aromatic carbocycles. The summed E-state index contributed by atoms with van der Waals surface area (Å²) in [5.41, 5.74) is 0. The SMILES string of the molecule is CCc1cc2c(SC(C)C(=O)N(CC(C)C)CC(C)C)ncnc2s1. The first-order chi connectivity index (χ1) is 11.8. The molecule has 0 N–H and O–H groups in total. The summed E-state index contributed by atoms with van der Waals surface area (Å²) in [5.74, 6) is 1.13. The van der Waals surface area contributed by atoms with Crippen LogP contribution in [-0.2, 0) is 11.2 Å². The van der Waals surface area contributed by atoms with Crippen LogP contribution >= 0.6 is 23.1 Å². The summed E-state index contributed by atoms with van der Waals surface area (Å²) in [6, 6.07) is 2.17. The van der Waals surface area contributed by atoms with Gasteiger partial charge >= 0.3 is 0 Å². The molecule has 0 bridgehead atoms. The van der Waals surface area contributed by atoms with Crippen molar-refractivity contribution in [1.82, 2.24) is 14.9 Å². The standard InChI is InChI=1S/C19H29N3OS2/c1-7-15-8-16-17(20-11-21-18(16)25-15)24-14(6)19(23)22(9-12(2)3)10-13(4)5/h8,11-14H,7,9-10H2,1-6H3. The van der Waals surface area contributed by atoms with Gasteiger partial charge in [-0.3, -0.25) is 4.79 Å². The Morgan fingerprint density at radius 1 is 1.16 bits per heavy atom. The van der Waals surface area contributed by atoms with E-state index in [4.69, 9.17) is 0 Å². The Morgan fingerprint density at radius 2 is 1.80 bits per heavy atom. The van der Waals surface area contributed by atoms with Crippen molar-refractivity contribution >= 4 is 39.2 Å². The average Bonchev–Trinajstić information content (AvgIpc) is 2.97. The minimum atomic E-state index is -0.152. The van der Waals surface area contributed by atoms with Crippen molar-refractivity contribution in [1.29, 1.82) is 0 Å². The third kappa shape index (κ3) is 5.42. The molecule has 0 fully saturated rings. The fraction of sp³-hybridized carbons (Fsp3) is 0.632. The zero-order chi connectivity index (χ0) is 18.6. The smallest absolute Gasteiger partial charge is 0.235 e. The van der Waals surface area contributed by atoms with E-state index in [2.05, 4.69) is 50.7 Å². The lowest BCUT2D eigenvalue weighted by Crippen LogP contribution is -2.41. The van der Waals surface area contributed by atoms with Crippen molar-refractivity contribution in [2.24, 2.45) is 11.8 Å². The average molecular weight is 380 g/mol. The van der Waals surface area contributed by atoms with Crippen LogP contribution < -0.4 is 0 Å². The number of carbonyl (C=O) groups is 1. The van der Waals surface area contributed by atoms with Gasteiger partial charge < -0.3 is 4.90 Å². The molecule has 138 valence electrons. The molecule has 1 amide bonds. The number of aryl methyl sites for hydroxylation is 1. The van der Waals surface area contributed by atoms with Crippen molar-refractivity contribution in [2.45, 2.75) is 58.2 Å². The number of hydrogen-bond acceptors (Lipinski definition) is 5. The number of amides is 1. The largest absolute Gasteiger partial charge is 0.341 e. The maximum Gasteiger partial charge on any atom is 0.235 e. The van der Waals surface area contributed by atoms with Crippen molar-refractivity contribution in [2.75, 3.05) is 13.1 Å². The molecule has 2 aromatic rings. The van der Waals surface area contributed by atoms with Gasteiger partial charge in [0.25, 0.3) is 0 Å². The van der Waals surface area contributed by atoms with E-state index in [1.165, 1.54) is 4.88 Å². The van der Waals surface area contributed by atoms with Crippen LogP contribution in [-0.4, -0.2) is 39.1 Å². The predicted molar refractivity (Wildman–Crippen MR) is 108 cm³/mol. The van der Waals surface area contributed by atoms with E-state index in [0.29, 0.717) is 11.8 Å². The number of thioether (sulfide) groups is 1. The quantitative estimate of drug-likeness (QED) is 0.485. The lowest BCUT2D eigenvalue weighted by molar-refractivity contribution is -0.131. The molecule has 1 unspecified atom stereocenters. The molecule has 25 heavy (non-hydrogen) atoms. The van der Waals surface area contributed by atoms with Crippen LogP contribution in [0.25, 0.3) is 10.2 Å². The lowest BCUT2D eigenvalue weighted by Gasteiger charge is -2.28. The number of nitrogens with zero attached hydrogens (tertiary/aromatic N) is 3. The molecule has 0 aliphatic carbocycles. The summed E-state index contributed by atoms with van der Waals surface area (Å²) >= 11 is 3.26. The highest BCUT2D eigenvalue weighted by atomic mass is 32.2. The number of hydrogen-bond donors (Lipinski definition) is 0. The number of thiophene rings is 1. The summed E-state index contributed by atoms with van der Waals surface area (Å²) in [4.78, 5) is 26.1. The van der Waals surface area contributed by atoms with Gasteiger partial charge in [0.1, 0.15) is 16.2 Å². The topological polar surface area (TPSA) is 46.1 Å². The Balaban J connectivity index is 2.18. The second-order valence-electron chi connectivity index (χ2n) is 7.25. The second kappa shape index (κ2) is 8.99. The summed E-state index contributed by atoms with van der Waals surface area (Å²) in [5, 5.41) is 1.84. The van der Waals surface area contributed by atoms with E-state index in [1.807, 2.05) is 11.8 Å². The van der Waals surface area contributed by atoms with Gasteiger partial charge in [-0.1, -0.05) is 46.4 Å². The van der Waals surface area contributed by atoms with Gasteiger partial charge in [-0.2, -0.15) is 0 Å². The summed E-state index contributed by atoms with van der Waals surface area (Å²) in [6.07, 6.45) is 2.61. The molecule has 4 nitrogen and oxygen atoms in total. The molecule has 0 spiro atoms. The van der Waals surface area contributed by atoms with E-state index >= 15 is 0 Å². The second-order valence-corrected chi connectivity index (χ2v) is 9.70. The number of fused-ring (bicyclic) bond motifs is 1. The minimum absolute atomic E-state index is 0.152.